The van der Waals surface area contributed by atoms with Crippen LogP contribution in [0.5, 0.6) is 11.5 Å². The highest BCUT2D eigenvalue weighted by atomic mass is 16.7. The van der Waals surface area contributed by atoms with Gasteiger partial charge in [-0.1, -0.05) is 37.3 Å². The van der Waals surface area contributed by atoms with Gasteiger partial charge >= 0.3 is 29.8 Å². The van der Waals surface area contributed by atoms with Crippen molar-refractivity contribution in [3.8, 4) is 11.5 Å². The number of carbonyl (C=O) groups is 7. The largest absolute Gasteiger partial charge is 0.462 e. The van der Waals surface area contributed by atoms with Crippen molar-refractivity contribution in [1.29, 1.82) is 0 Å². The number of nitrogens with zero attached hydrogens (tertiary/aromatic N) is 2. The number of aldehydes is 1. The van der Waals surface area contributed by atoms with Crippen molar-refractivity contribution < 1.29 is 101 Å². The number of aliphatic hydroxyl groups is 2. The highest BCUT2D eigenvalue weighted by molar-refractivity contribution is 5.94. The number of anilines is 1. The first-order valence-corrected chi connectivity index (χ1v) is 28.9. The van der Waals surface area contributed by atoms with Crippen molar-refractivity contribution >= 4 is 47.7 Å². The molecule has 0 radical (unpaired) electrons. The Bertz CT molecular complexity index is 2420. The maximum absolute atomic E-state index is 13.4. The molecular formula is C60H91N3O21. The number of rotatable bonds is 20. The number of likely N-dealkylation sites (N-methyl/N-ethyl adjacent to an activating group) is 2. The zero-order valence-corrected chi connectivity index (χ0v) is 51.1. The lowest BCUT2D eigenvalue weighted by molar-refractivity contribution is -0.345. The van der Waals surface area contributed by atoms with Gasteiger partial charge in [-0.3, -0.25) is 28.8 Å². The fraction of sp³-hybridized carbons (Fsp3) is 0.717. The van der Waals surface area contributed by atoms with Crippen LogP contribution in [0.4, 0.5) is 5.69 Å². The number of methoxy groups -OCH3 is 1. The maximum Gasteiger partial charge on any atom is 0.308 e. The van der Waals surface area contributed by atoms with E-state index in [9.17, 15) is 43.8 Å². The Balaban J connectivity index is 1.34. The summed E-state index contributed by atoms with van der Waals surface area (Å²) in [5.74, 6) is -5.29. The molecule has 472 valence electrons. The number of aliphatic hydroxyl groups excluding tert-OH is 1. The number of hydrogen-bond acceptors (Lipinski definition) is 23. The SMILES string of the molecule is CO[C@@H]1[C@@H](O[C@@H]2O[C@H](C)[C@@H](O[C@H]3C[C@@](C)(O)[C@@H](OC(=O)CCCC(=O)Nc4cccc(OC(C)=O)c4OC(C)=O)[C@H](C)O3)[C@H](N(C)C)[C@H]2OC(C)=O)[C@@H](CC=O)C[C@@H](C)[C@@H](O[C@H]2CC[C@H](N(C)C)[C@@H](C)O2)/C=C/C=C/C[C@@H](C)OC(=O)C[C@H]1O. The molecule has 3 fully saturated rings. The molecule has 0 saturated carbocycles. The molecule has 3 saturated heterocycles. The van der Waals surface area contributed by atoms with E-state index in [-0.39, 0.29) is 73.8 Å². The minimum absolute atomic E-state index is 0.0315. The van der Waals surface area contributed by atoms with Gasteiger partial charge < -0.3 is 87.0 Å². The standard InChI is InChI=1S/C60H91N3O21/c1-33-30-41(28-29-64)54(56(73-14)44(68)31-49(71)74-34(2)20-16-15-17-22-45(33)81-50-27-26-43(62(10)11)35(3)75-50)84-59-57(80-40(8)67)52(63(12)13)53(36(4)77-59)83-51-32-60(9,72)58(37(5)76-51)82-48(70)25-19-24-47(69)61-42-21-18-23-46(78-38(6)65)55(42)79-39(7)66/h15-18,21-23,29,33-37,41,43-45,50-54,56-59,68,72H,19-20,24-28,30-32H2,1-14H3,(H,61,69)/b16-15+,22-17+/t33-,34-,35-,36-,37+,41+,43+,44-,45+,50+,51+,52+,53-,54+,56+,57-,58+,59+,60-/m1/s1. The van der Waals surface area contributed by atoms with Crippen LogP contribution < -0.4 is 14.8 Å². The minimum Gasteiger partial charge on any atom is -0.462 e. The zero-order chi connectivity index (χ0) is 62.2. The third kappa shape index (κ3) is 20.2. The Labute approximate surface area is 493 Å². The lowest BCUT2D eigenvalue weighted by Crippen LogP contribution is -2.66. The van der Waals surface area contributed by atoms with E-state index in [0.717, 1.165) is 19.6 Å². The van der Waals surface area contributed by atoms with Crippen molar-refractivity contribution in [2.24, 2.45) is 11.8 Å². The summed E-state index contributed by atoms with van der Waals surface area (Å²) in [5, 5.41) is 26.5. The van der Waals surface area contributed by atoms with Gasteiger partial charge in [0, 0.05) is 66.0 Å². The maximum atomic E-state index is 13.4. The van der Waals surface area contributed by atoms with Crippen molar-refractivity contribution in [2.75, 3.05) is 40.6 Å². The normalized spacial score (nSPS) is 35.2. The van der Waals surface area contributed by atoms with Gasteiger partial charge in [0.15, 0.2) is 42.6 Å². The second kappa shape index (κ2) is 32.5. The smallest absolute Gasteiger partial charge is 0.308 e. The number of amides is 1. The highest BCUT2D eigenvalue weighted by Gasteiger charge is 2.54. The predicted octanol–water partition coefficient (Wildman–Crippen LogP) is 5.11. The van der Waals surface area contributed by atoms with Crippen LogP contribution in [0.2, 0.25) is 0 Å². The first kappa shape index (κ1) is 69.5. The van der Waals surface area contributed by atoms with E-state index in [0.29, 0.717) is 12.8 Å². The predicted molar refractivity (Wildman–Crippen MR) is 302 cm³/mol. The molecule has 19 atom stereocenters. The molecule has 0 bridgehead atoms. The average molecular weight is 1190 g/mol. The van der Waals surface area contributed by atoms with Gasteiger partial charge in [-0.05, 0) is 112 Å². The Morgan fingerprint density at radius 1 is 0.798 bits per heavy atom. The Hall–Kier alpha value is -5.25. The van der Waals surface area contributed by atoms with Gasteiger partial charge in [-0.2, -0.15) is 0 Å². The number of ether oxygens (including phenoxy) is 12. The molecule has 4 aliphatic rings. The van der Waals surface area contributed by atoms with Crippen LogP contribution in [0.15, 0.2) is 42.5 Å². The van der Waals surface area contributed by atoms with Crippen LogP contribution in [0.1, 0.15) is 127 Å². The minimum atomic E-state index is -1.72. The molecule has 5 rings (SSSR count). The van der Waals surface area contributed by atoms with E-state index in [1.807, 2.05) is 52.2 Å². The highest BCUT2D eigenvalue weighted by Crippen LogP contribution is 2.40. The molecule has 4 aliphatic heterocycles. The molecule has 0 aromatic heterocycles. The van der Waals surface area contributed by atoms with Crippen molar-refractivity contribution in [1.82, 2.24) is 9.80 Å². The van der Waals surface area contributed by atoms with Crippen LogP contribution in [0.3, 0.4) is 0 Å². The van der Waals surface area contributed by atoms with E-state index in [1.54, 1.807) is 39.8 Å². The van der Waals surface area contributed by atoms with Crippen molar-refractivity contribution in [2.45, 2.75) is 230 Å². The lowest BCUT2D eigenvalue weighted by atomic mass is 9.82. The summed E-state index contributed by atoms with van der Waals surface area (Å²) in [4.78, 5) is 92.9. The Kier molecular flexibility index (Phi) is 26.9. The Morgan fingerprint density at radius 2 is 1.50 bits per heavy atom. The van der Waals surface area contributed by atoms with E-state index in [2.05, 4.69) is 10.2 Å². The van der Waals surface area contributed by atoms with Crippen LogP contribution in [-0.2, 0) is 80.9 Å². The molecule has 0 unspecified atom stereocenters. The number of benzene rings is 1. The molecule has 0 spiro atoms. The van der Waals surface area contributed by atoms with E-state index in [4.69, 9.17) is 56.8 Å². The molecule has 3 N–H and O–H groups in total. The van der Waals surface area contributed by atoms with Crippen LogP contribution in [-0.4, -0.2) is 201 Å². The summed E-state index contributed by atoms with van der Waals surface area (Å²) in [7, 11) is 8.89. The third-order valence-corrected chi connectivity index (χ3v) is 15.4. The number of carbonyl (C=O) groups excluding carboxylic acids is 7. The summed E-state index contributed by atoms with van der Waals surface area (Å²) in [6.07, 6.45) is -4.06. The molecule has 1 amide bonds. The number of nitrogens with one attached hydrogen (secondary N) is 1. The third-order valence-electron chi connectivity index (χ3n) is 15.4. The number of para-hydroxylation sites is 1. The monoisotopic (exact) mass is 1190 g/mol. The summed E-state index contributed by atoms with van der Waals surface area (Å²) >= 11 is 0. The number of esters is 5. The van der Waals surface area contributed by atoms with Crippen LogP contribution >= 0.6 is 0 Å². The summed E-state index contributed by atoms with van der Waals surface area (Å²) in [6.45, 7) is 14.1. The van der Waals surface area contributed by atoms with Crippen molar-refractivity contribution in [3.63, 3.8) is 0 Å². The summed E-state index contributed by atoms with van der Waals surface area (Å²) < 4.78 is 73.6. The second-order valence-corrected chi connectivity index (χ2v) is 23.1. The van der Waals surface area contributed by atoms with Gasteiger partial charge in [0.2, 0.25) is 5.91 Å². The molecule has 24 heteroatoms. The van der Waals surface area contributed by atoms with Crippen molar-refractivity contribution in [3.05, 3.63) is 42.5 Å². The first-order valence-electron chi connectivity index (χ1n) is 28.9. The number of allylic oxidation sites excluding steroid dienone is 2. The molecule has 0 aliphatic carbocycles. The van der Waals surface area contributed by atoms with E-state index in [1.165, 1.54) is 46.1 Å². The van der Waals surface area contributed by atoms with Gasteiger partial charge in [-0.15, -0.1) is 0 Å². The van der Waals surface area contributed by atoms with Gasteiger partial charge in [0.1, 0.15) is 30.2 Å². The van der Waals surface area contributed by atoms with Gasteiger partial charge in [-0.25, -0.2) is 0 Å². The molecule has 4 heterocycles. The van der Waals surface area contributed by atoms with E-state index >= 15 is 0 Å². The molecule has 84 heavy (non-hydrogen) atoms. The molecular weight excluding hydrogens is 1100 g/mol. The molecule has 24 nitrogen and oxygen atoms in total. The lowest BCUT2D eigenvalue weighted by Gasteiger charge is -2.51. The first-order chi connectivity index (χ1) is 39.6. The molecule has 1 aromatic carbocycles. The number of cyclic esters (lactones) is 1. The van der Waals surface area contributed by atoms with Crippen LogP contribution in [0, 0.1) is 11.8 Å². The average Bonchev–Trinajstić information content (AvgIpc) is 2.11. The second-order valence-electron chi connectivity index (χ2n) is 23.1. The van der Waals surface area contributed by atoms with E-state index < -0.39 is 140 Å². The fourth-order valence-electron chi connectivity index (χ4n) is 11.5. The van der Waals surface area contributed by atoms with Crippen LogP contribution in [0.25, 0.3) is 0 Å². The fourth-order valence-corrected chi connectivity index (χ4v) is 11.5. The molecule has 1 aromatic rings. The topological polar surface area (TPSA) is 289 Å². The van der Waals surface area contributed by atoms with Gasteiger partial charge in [0.25, 0.3) is 0 Å². The summed E-state index contributed by atoms with van der Waals surface area (Å²) in [6, 6.07) is 3.71. The Morgan fingerprint density at radius 3 is 2.12 bits per heavy atom. The number of hydrogen-bond donors (Lipinski definition) is 3. The zero-order valence-electron chi connectivity index (χ0n) is 51.1. The summed E-state index contributed by atoms with van der Waals surface area (Å²) in [5.41, 5.74) is -1.65. The quantitative estimate of drug-likeness (QED) is 0.0662. The van der Waals surface area contributed by atoms with Gasteiger partial charge in [0.05, 0.1) is 54.8 Å².